The van der Waals surface area contributed by atoms with Crippen LogP contribution in [0, 0.1) is 5.82 Å². The summed E-state index contributed by atoms with van der Waals surface area (Å²) in [5.41, 5.74) is 2.61. The average Bonchev–Trinajstić information content (AvgIpc) is 3.15. The molecule has 2 heterocycles. The van der Waals surface area contributed by atoms with Crippen LogP contribution in [0.2, 0.25) is 0 Å². The van der Waals surface area contributed by atoms with E-state index in [-0.39, 0.29) is 18.3 Å². The summed E-state index contributed by atoms with van der Waals surface area (Å²) in [6.07, 6.45) is 0.989. The van der Waals surface area contributed by atoms with Crippen molar-refractivity contribution in [3.8, 4) is 11.5 Å². The van der Waals surface area contributed by atoms with E-state index in [2.05, 4.69) is 18.2 Å². The van der Waals surface area contributed by atoms with E-state index in [1.165, 1.54) is 28.2 Å². The molecule has 142 valence electrons. The lowest BCUT2D eigenvalue weighted by atomic mass is 10.1. The van der Waals surface area contributed by atoms with Gasteiger partial charge in [0.15, 0.2) is 18.2 Å². The van der Waals surface area contributed by atoms with Gasteiger partial charge < -0.3 is 19.3 Å². The Kier molecular flexibility index (Phi) is 5.25. The molecular formula is C21H24FN2O3+. The molecule has 1 saturated heterocycles. The van der Waals surface area contributed by atoms with Gasteiger partial charge in [-0.1, -0.05) is 12.1 Å². The fraction of sp³-hybridized carbons (Fsp3) is 0.381. The number of ether oxygens (including phenoxy) is 2. The molecule has 2 aromatic rings. The zero-order valence-electron chi connectivity index (χ0n) is 15.2. The molecular weight excluding hydrogens is 347 g/mol. The number of amides is 1. The fourth-order valence-corrected chi connectivity index (χ4v) is 3.68. The summed E-state index contributed by atoms with van der Waals surface area (Å²) >= 11 is 0. The lowest BCUT2D eigenvalue weighted by molar-refractivity contribution is -0.917. The van der Waals surface area contributed by atoms with Crippen LogP contribution in [0.3, 0.4) is 0 Å². The average molecular weight is 371 g/mol. The van der Waals surface area contributed by atoms with E-state index in [0.717, 1.165) is 38.4 Å². The quantitative estimate of drug-likeness (QED) is 0.855. The molecule has 0 bridgehead atoms. The Bertz CT molecular complexity index is 819. The Hall–Kier alpha value is -2.60. The highest BCUT2D eigenvalue weighted by atomic mass is 19.1. The van der Waals surface area contributed by atoms with Crippen LogP contribution in [-0.4, -0.2) is 50.2 Å². The van der Waals surface area contributed by atoms with Crippen LogP contribution < -0.4 is 14.4 Å². The Balaban J connectivity index is 1.25. The van der Waals surface area contributed by atoms with Crippen molar-refractivity contribution in [3.05, 3.63) is 59.4 Å². The molecule has 0 saturated carbocycles. The predicted molar refractivity (Wildman–Crippen MR) is 98.5 cm³/mol. The molecule has 0 aromatic heterocycles. The number of carbonyl (C=O) groups is 1. The summed E-state index contributed by atoms with van der Waals surface area (Å²) in [7, 11) is 0. The number of nitrogens with one attached hydrogen (secondary N) is 1. The minimum atomic E-state index is -0.445. The van der Waals surface area contributed by atoms with Crippen molar-refractivity contribution in [1.82, 2.24) is 4.90 Å². The monoisotopic (exact) mass is 371 g/mol. The summed E-state index contributed by atoms with van der Waals surface area (Å²) in [6, 6.07) is 12.6. The van der Waals surface area contributed by atoms with Gasteiger partial charge in [0.1, 0.15) is 12.3 Å². The SMILES string of the molecule is O=C(COc1ccccc1F)N1CC[NH+](Cc2ccc3c(c2)CCO3)CC1. The second-order valence-electron chi connectivity index (χ2n) is 7.07. The third-order valence-corrected chi connectivity index (χ3v) is 5.22. The van der Waals surface area contributed by atoms with Gasteiger partial charge in [0, 0.05) is 12.0 Å². The van der Waals surface area contributed by atoms with Gasteiger partial charge in [0.2, 0.25) is 0 Å². The lowest BCUT2D eigenvalue weighted by Gasteiger charge is -2.32. The van der Waals surface area contributed by atoms with Crippen LogP contribution >= 0.6 is 0 Å². The number of piperazine rings is 1. The molecule has 1 N–H and O–H groups in total. The van der Waals surface area contributed by atoms with E-state index >= 15 is 0 Å². The van der Waals surface area contributed by atoms with Crippen LogP contribution in [0.15, 0.2) is 42.5 Å². The van der Waals surface area contributed by atoms with E-state index in [9.17, 15) is 9.18 Å². The molecule has 0 unspecified atom stereocenters. The maximum absolute atomic E-state index is 13.6. The second-order valence-corrected chi connectivity index (χ2v) is 7.07. The van der Waals surface area contributed by atoms with Crippen LogP contribution in [0.1, 0.15) is 11.1 Å². The number of carbonyl (C=O) groups excluding carboxylic acids is 1. The largest absolute Gasteiger partial charge is 0.493 e. The Labute approximate surface area is 158 Å². The van der Waals surface area contributed by atoms with Gasteiger partial charge in [0.05, 0.1) is 32.8 Å². The number of fused-ring (bicyclic) bond motifs is 1. The van der Waals surface area contributed by atoms with Crippen molar-refractivity contribution in [2.24, 2.45) is 0 Å². The van der Waals surface area contributed by atoms with Crippen molar-refractivity contribution in [2.75, 3.05) is 39.4 Å². The summed E-state index contributed by atoms with van der Waals surface area (Å²) in [6.45, 7) is 4.81. The number of para-hydroxylation sites is 1. The van der Waals surface area contributed by atoms with Crippen LogP contribution in [-0.2, 0) is 17.8 Å². The summed E-state index contributed by atoms with van der Waals surface area (Å²) in [5.74, 6) is 0.598. The molecule has 6 heteroatoms. The number of nitrogens with zero attached hydrogens (tertiary/aromatic N) is 1. The minimum absolute atomic E-state index is 0.0908. The Morgan fingerprint density at radius 2 is 2.00 bits per heavy atom. The molecule has 0 aliphatic carbocycles. The third-order valence-electron chi connectivity index (χ3n) is 5.22. The molecule has 0 atom stereocenters. The zero-order valence-corrected chi connectivity index (χ0v) is 15.2. The highest BCUT2D eigenvalue weighted by Crippen LogP contribution is 2.25. The van der Waals surface area contributed by atoms with Crippen LogP contribution in [0.5, 0.6) is 11.5 Å². The molecule has 27 heavy (non-hydrogen) atoms. The number of quaternary nitrogens is 1. The normalized spacial score (nSPS) is 16.7. The first-order valence-electron chi connectivity index (χ1n) is 9.42. The number of hydrogen-bond donors (Lipinski definition) is 1. The molecule has 0 spiro atoms. The fourth-order valence-electron chi connectivity index (χ4n) is 3.68. The Morgan fingerprint density at radius 1 is 1.19 bits per heavy atom. The highest BCUT2D eigenvalue weighted by molar-refractivity contribution is 5.77. The first kappa shape index (κ1) is 17.8. The lowest BCUT2D eigenvalue weighted by Crippen LogP contribution is -3.13. The van der Waals surface area contributed by atoms with E-state index in [0.29, 0.717) is 13.1 Å². The second kappa shape index (κ2) is 7.96. The van der Waals surface area contributed by atoms with Gasteiger partial charge >= 0.3 is 0 Å². The first-order chi connectivity index (χ1) is 13.2. The van der Waals surface area contributed by atoms with Crippen LogP contribution in [0.4, 0.5) is 4.39 Å². The molecule has 2 aliphatic rings. The highest BCUT2D eigenvalue weighted by Gasteiger charge is 2.24. The summed E-state index contributed by atoms with van der Waals surface area (Å²) < 4.78 is 24.5. The van der Waals surface area contributed by atoms with E-state index in [4.69, 9.17) is 9.47 Å². The molecule has 1 amide bonds. The maximum atomic E-state index is 13.6. The smallest absolute Gasteiger partial charge is 0.260 e. The minimum Gasteiger partial charge on any atom is -0.493 e. The third kappa shape index (κ3) is 4.22. The van der Waals surface area contributed by atoms with Gasteiger partial charge in [-0.2, -0.15) is 0 Å². The standard InChI is InChI=1S/C21H23FN2O3/c22-18-3-1-2-4-20(18)27-15-21(25)24-10-8-23(9-11-24)14-16-5-6-19-17(13-16)7-12-26-19/h1-6,13H,7-12,14-15H2/p+1. The van der Waals surface area contributed by atoms with Crippen molar-refractivity contribution < 1.29 is 23.6 Å². The van der Waals surface area contributed by atoms with Gasteiger partial charge in [-0.05, 0) is 35.9 Å². The van der Waals surface area contributed by atoms with Crippen molar-refractivity contribution in [1.29, 1.82) is 0 Å². The van der Waals surface area contributed by atoms with E-state index in [1.54, 1.807) is 17.0 Å². The van der Waals surface area contributed by atoms with Gasteiger partial charge in [-0.25, -0.2) is 4.39 Å². The molecule has 1 fully saturated rings. The van der Waals surface area contributed by atoms with Gasteiger partial charge in [0.25, 0.3) is 5.91 Å². The van der Waals surface area contributed by atoms with E-state index in [1.807, 2.05) is 0 Å². The predicted octanol–water partition coefficient (Wildman–Crippen LogP) is 1.07. The van der Waals surface area contributed by atoms with Crippen molar-refractivity contribution in [3.63, 3.8) is 0 Å². The topological polar surface area (TPSA) is 43.2 Å². The molecule has 2 aromatic carbocycles. The van der Waals surface area contributed by atoms with Gasteiger partial charge in [-0.3, -0.25) is 4.79 Å². The van der Waals surface area contributed by atoms with Crippen molar-refractivity contribution in [2.45, 2.75) is 13.0 Å². The molecule has 0 radical (unpaired) electrons. The van der Waals surface area contributed by atoms with Crippen molar-refractivity contribution >= 4 is 5.91 Å². The molecule has 5 nitrogen and oxygen atoms in total. The maximum Gasteiger partial charge on any atom is 0.260 e. The van der Waals surface area contributed by atoms with E-state index < -0.39 is 5.82 Å². The number of rotatable bonds is 5. The number of benzene rings is 2. The number of halogens is 1. The van der Waals surface area contributed by atoms with Crippen LogP contribution in [0.25, 0.3) is 0 Å². The Morgan fingerprint density at radius 3 is 2.81 bits per heavy atom. The summed E-state index contributed by atoms with van der Waals surface area (Å²) in [4.78, 5) is 15.6. The molecule has 4 rings (SSSR count). The summed E-state index contributed by atoms with van der Waals surface area (Å²) in [5, 5.41) is 0. The zero-order chi connectivity index (χ0) is 18.6. The number of hydrogen-bond acceptors (Lipinski definition) is 3. The molecule has 2 aliphatic heterocycles. The van der Waals surface area contributed by atoms with Gasteiger partial charge in [-0.15, -0.1) is 0 Å². The first-order valence-corrected chi connectivity index (χ1v) is 9.42.